The molecule has 0 spiro atoms. The van der Waals surface area contributed by atoms with Gasteiger partial charge in [0.05, 0.1) is 5.56 Å². The third-order valence-corrected chi connectivity index (χ3v) is 2.38. The number of nitrogens with one attached hydrogen (secondary N) is 1. The second kappa shape index (κ2) is 5.97. The molecular weight excluding hydrogens is 283 g/mol. The van der Waals surface area contributed by atoms with Crippen LogP contribution < -0.4 is 5.32 Å². The van der Waals surface area contributed by atoms with E-state index >= 15 is 0 Å². The highest BCUT2D eigenvalue weighted by atomic mass is 35.5. The fraction of sp³-hybridized carbons (Fsp3) is 0.250. The molecule has 0 aliphatic heterocycles. The van der Waals surface area contributed by atoms with Gasteiger partial charge in [0, 0.05) is 23.3 Å². The van der Waals surface area contributed by atoms with Gasteiger partial charge in [0.1, 0.15) is 0 Å². The van der Waals surface area contributed by atoms with Gasteiger partial charge in [-0.25, -0.2) is 4.79 Å². The van der Waals surface area contributed by atoms with Crippen molar-refractivity contribution < 1.29 is 23.1 Å². The molecule has 0 bridgehead atoms. The zero-order valence-electron chi connectivity index (χ0n) is 9.88. The Morgan fingerprint density at radius 2 is 2.05 bits per heavy atom. The zero-order chi connectivity index (χ0) is 14.6. The van der Waals surface area contributed by atoms with E-state index in [0.29, 0.717) is 5.57 Å². The summed E-state index contributed by atoms with van der Waals surface area (Å²) in [6, 6.07) is 3.08. The Balaban J connectivity index is 2.85. The Morgan fingerprint density at radius 1 is 1.42 bits per heavy atom. The van der Waals surface area contributed by atoms with Gasteiger partial charge in [0.25, 0.3) is 0 Å². The van der Waals surface area contributed by atoms with Crippen molar-refractivity contribution in [2.45, 2.75) is 13.1 Å². The number of anilines is 1. The highest BCUT2D eigenvalue weighted by Gasteiger charge is 2.31. The van der Waals surface area contributed by atoms with Crippen molar-refractivity contribution >= 4 is 23.3 Å². The van der Waals surface area contributed by atoms with Crippen LogP contribution >= 0.6 is 11.6 Å². The molecule has 2 N–H and O–H groups in total. The smallest absolute Gasteiger partial charge is 0.416 e. The standard InChI is InChI=1S/C12H11ClF3NO2/c1-7(2-11(18)19)6-17-10-4-8(12(14,15)16)3-9(13)5-10/h2-5,17H,6H2,1H3,(H,18,19)/b7-2-. The average molecular weight is 294 g/mol. The molecule has 0 amide bonds. The summed E-state index contributed by atoms with van der Waals surface area (Å²) in [5.74, 6) is -1.11. The second-order valence-electron chi connectivity index (χ2n) is 3.91. The van der Waals surface area contributed by atoms with Gasteiger partial charge >= 0.3 is 12.1 Å². The zero-order valence-corrected chi connectivity index (χ0v) is 10.6. The number of alkyl halides is 3. The third-order valence-electron chi connectivity index (χ3n) is 2.17. The normalized spacial score (nSPS) is 12.4. The maximum absolute atomic E-state index is 12.5. The van der Waals surface area contributed by atoms with E-state index in [-0.39, 0.29) is 17.3 Å². The number of aliphatic carboxylic acids is 1. The first-order chi connectivity index (χ1) is 8.68. The number of carboxylic acid groups (broad SMARTS) is 1. The van der Waals surface area contributed by atoms with Gasteiger partial charge < -0.3 is 10.4 Å². The summed E-state index contributed by atoms with van der Waals surface area (Å²) in [5, 5.41) is 11.1. The van der Waals surface area contributed by atoms with Gasteiger partial charge in [-0.1, -0.05) is 11.6 Å². The first kappa shape index (κ1) is 15.4. The van der Waals surface area contributed by atoms with Gasteiger partial charge in [0.15, 0.2) is 0 Å². The summed E-state index contributed by atoms with van der Waals surface area (Å²) in [6.45, 7) is 1.67. The van der Waals surface area contributed by atoms with Crippen LogP contribution in [0.1, 0.15) is 12.5 Å². The molecule has 1 aromatic carbocycles. The summed E-state index contributed by atoms with van der Waals surface area (Å²) >= 11 is 5.61. The highest BCUT2D eigenvalue weighted by molar-refractivity contribution is 6.30. The van der Waals surface area contributed by atoms with Gasteiger partial charge in [-0.15, -0.1) is 0 Å². The first-order valence-corrected chi connectivity index (χ1v) is 5.58. The molecule has 0 radical (unpaired) electrons. The Hall–Kier alpha value is -1.69. The molecule has 1 aromatic rings. The summed E-state index contributed by atoms with van der Waals surface area (Å²) in [6.07, 6.45) is -3.50. The minimum absolute atomic E-state index is 0.0443. The number of rotatable bonds is 4. The minimum atomic E-state index is -4.48. The van der Waals surface area contributed by atoms with Crippen LogP contribution in [-0.2, 0) is 11.0 Å². The third kappa shape index (κ3) is 5.21. The molecular formula is C12H11ClF3NO2. The molecule has 0 saturated heterocycles. The highest BCUT2D eigenvalue weighted by Crippen LogP contribution is 2.33. The van der Waals surface area contributed by atoms with Crippen molar-refractivity contribution in [2.24, 2.45) is 0 Å². The molecule has 19 heavy (non-hydrogen) atoms. The quantitative estimate of drug-likeness (QED) is 0.830. The maximum atomic E-state index is 12.5. The molecule has 0 fully saturated rings. The fourth-order valence-corrected chi connectivity index (χ4v) is 1.59. The van der Waals surface area contributed by atoms with E-state index < -0.39 is 17.7 Å². The van der Waals surface area contributed by atoms with Gasteiger partial charge in [-0.05, 0) is 30.7 Å². The largest absolute Gasteiger partial charge is 0.478 e. The Bertz CT molecular complexity index is 512. The number of benzene rings is 1. The van der Waals surface area contributed by atoms with Crippen LogP contribution in [0.2, 0.25) is 5.02 Å². The van der Waals surface area contributed by atoms with Crippen LogP contribution in [0.25, 0.3) is 0 Å². The summed E-state index contributed by atoms with van der Waals surface area (Å²) in [5.41, 5.74) is -0.207. The van der Waals surface area contributed by atoms with Crippen LogP contribution in [-0.4, -0.2) is 17.6 Å². The molecule has 0 atom stereocenters. The summed E-state index contributed by atoms with van der Waals surface area (Å²) in [4.78, 5) is 10.4. The maximum Gasteiger partial charge on any atom is 0.416 e. The van der Waals surface area contributed by atoms with E-state index in [1.165, 1.54) is 6.07 Å². The number of carbonyl (C=O) groups is 1. The Morgan fingerprint density at radius 3 is 2.58 bits per heavy atom. The van der Waals surface area contributed by atoms with Crippen LogP contribution in [0, 0.1) is 0 Å². The minimum Gasteiger partial charge on any atom is -0.478 e. The van der Waals surface area contributed by atoms with E-state index in [9.17, 15) is 18.0 Å². The topological polar surface area (TPSA) is 49.3 Å². The number of hydrogen-bond donors (Lipinski definition) is 2. The number of hydrogen-bond acceptors (Lipinski definition) is 2. The van der Waals surface area contributed by atoms with Gasteiger partial charge in [-0.3, -0.25) is 0 Å². The van der Waals surface area contributed by atoms with E-state index in [1.807, 2.05) is 0 Å². The van der Waals surface area contributed by atoms with E-state index in [0.717, 1.165) is 18.2 Å². The number of carboxylic acids is 1. The lowest BCUT2D eigenvalue weighted by Crippen LogP contribution is -2.08. The average Bonchev–Trinajstić information content (AvgIpc) is 2.23. The lowest BCUT2D eigenvalue weighted by atomic mass is 10.2. The van der Waals surface area contributed by atoms with E-state index in [4.69, 9.17) is 16.7 Å². The van der Waals surface area contributed by atoms with Crippen LogP contribution in [0.15, 0.2) is 29.8 Å². The molecule has 1 rings (SSSR count). The van der Waals surface area contributed by atoms with E-state index in [1.54, 1.807) is 6.92 Å². The molecule has 0 heterocycles. The Labute approximate surface area is 112 Å². The predicted octanol–water partition coefficient (Wildman–Crippen LogP) is 3.80. The predicted molar refractivity (Wildman–Crippen MR) is 66.3 cm³/mol. The van der Waals surface area contributed by atoms with Crippen molar-refractivity contribution in [3.63, 3.8) is 0 Å². The summed E-state index contributed by atoms with van der Waals surface area (Å²) < 4.78 is 37.6. The lowest BCUT2D eigenvalue weighted by Gasteiger charge is -2.11. The SMILES string of the molecule is C/C(=C/C(=O)O)CNc1cc(Cl)cc(C(F)(F)F)c1. The van der Waals surface area contributed by atoms with Crippen molar-refractivity contribution in [1.82, 2.24) is 0 Å². The van der Waals surface area contributed by atoms with Crippen molar-refractivity contribution in [2.75, 3.05) is 11.9 Å². The molecule has 3 nitrogen and oxygen atoms in total. The molecule has 0 saturated carbocycles. The number of halogens is 4. The van der Waals surface area contributed by atoms with Crippen LogP contribution in [0.3, 0.4) is 0 Å². The lowest BCUT2D eigenvalue weighted by molar-refractivity contribution is -0.137. The second-order valence-corrected chi connectivity index (χ2v) is 4.35. The monoisotopic (exact) mass is 293 g/mol. The first-order valence-electron chi connectivity index (χ1n) is 5.20. The van der Waals surface area contributed by atoms with E-state index in [2.05, 4.69) is 5.32 Å². The molecule has 7 heteroatoms. The molecule has 0 aliphatic carbocycles. The van der Waals surface area contributed by atoms with Crippen LogP contribution in [0.4, 0.5) is 18.9 Å². The van der Waals surface area contributed by atoms with Gasteiger partial charge in [0.2, 0.25) is 0 Å². The molecule has 0 aromatic heterocycles. The van der Waals surface area contributed by atoms with Gasteiger partial charge in [-0.2, -0.15) is 13.2 Å². The van der Waals surface area contributed by atoms with Crippen molar-refractivity contribution in [3.05, 3.63) is 40.4 Å². The molecule has 104 valence electrons. The van der Waals surface area contributed by atoms with Crippen LogP contribution in [0.5, 0.6) is 0 Å². The fourth-order valence-electron chi connectivity index (χ4n) is 1.36. The molecule has 0 unspecified atom stereocenters. The molecule has 0 aliphatic rings. The van der Waals surface area contributed by atoms with Crippen molar-refractivity contribution in [3.8, 4) is 0 Å². The summed E-state index contributed by atoms with van der Waals surface area (Å²) in [7, 11) is 0. The van der Waals surface area contributed by atoms with Crippen molar-refractivity contribution in [1.29, 1.82) is 0 Å². The Kier molecular flexibility index (Phi) is 4.83.